The number of piperidine rings is 1. The fraction of sp³-hybridized carbons (Fsp3) is 1.00. The molecule has 3 unspecified atom stereocenters. The fourth-order valence-corrected chi connectivity index (χ4v) is 3.68. The van der Waals surface area contributed by atoms with Crippen LogP contribution in [0.2, 0.25) is 0 Å². The Hall–Kier alpha value is -0.120. The lowest BCUT2D eigenvalue weighted by molar-refractivity contribution is 0.0879. The van der Waals surface area contributed by atoms with Gasteiger partial charge in [0.25, 0.3) is 0 Å². The minimum Gasteiger partial charge on any atom is -0.316 e. The van der Waals surface area contributed by atoms with Crippen LogP contribution in [0.25, 0.3) is 0 Å². The second kappa shape index (κ2) is 5.48. The van der Waals surface area contributed by atoms with Gasteiger partial charge in [0.1, 0.15) is 0 Å². The van der Waals surface area contributed by atoms with Gasteiger partial charge in [0, 0.05) is 12.6 Å². The van der Waals surface area contributed by atoms with Crippen LogP contribution in [-0.4, -0.2) is 63.2 Å². The molecule has 2 aliphatic rings. The van der Waals surface area contributed by atoms with Gasteiger partial charge in [0.2, 0.25) is 0 Å². The van der Waals surface area contributed by atoms with Gasteiger partial charge in [-0.05, 0) is 71.9 Å². The maximum atomic E-state index is 3.52. The van der Waals surface area contributed by atoms with Crippen molar-refractivity contribution in [2.24, 2.45) is 11.8 Å². The number of hydrogen-bond acceptors (Lipinski definition) is 3. The Labute approximate surface area is 100 Å². The second-order valence-electron chi connectivity index (χ2n) is 5.87. The predicted octanol–water partition coefficient (Wildman–Crippen LogP) is 0.868. The fourth-order valence-electron chi connectivity index (χ4n) is 3.68. The van der Waals surface area contributed by atoms with Crippen LogP contribution in [0, 0.1) is 11.8 Å². The molecule has 3 nitrogen and oxygen atoms in total. The van der Waals surface area contributed by atoms with Gasteiger partial charge in [-0.2, -0.15) is 0 Å². The molecule has 0 saturated carbocycles. The lowest BCUT2D eigenvalue weighted by atomic mass is 9.82. The summed E-state index contributed by atoms with van der Waals surface area (Å²) in [5.41, 5.74) is 0. The van der Waals surface area contributed by atoms with E-state index < -0.39 is 0 Å². The Morgan fingerprint density at radius 1 is 1.25 bits per heavy atom. The predicted molar refractivity (Wildman–Crippen MR) is 68.7 cm³/mol. The van der Waals surface area contributed by atoms with Crippen LogP contribution in [0.5, 0.6) is 0 Å². The van der Waals surface area contributed by atoms with Crippen LogP contribution in [0.4, 0.5) is 0 Å². The average Bonchev–Trinajstić information content (AvgIpc) is 2.71. The zero-order valence-electron chi connectivity index (χ0n) is 11.1. The first-order chi connectivity index (χ1) is 7.68. The highest BCUT2D eigenvalue weighted by Crippen LogP contribution is 2.29. The van der Waals surface area contributed by atoms with Gasteiger partial charge in [-0.3, -0.25) is 0 Å². The van der Waals surface area contributed by atoms with Gasteiger partial charge in [0.05, 0.1) is 0 Å². The Morgan fingerprint density at radius 3 is 2.62 bits per heavy atom. The first-order valence-electron chi connectivity index (χ1n) is 6.74. The molecule has 16 heavy (non-hydrogen) atoms. The summed E-state index contributed by atoms with van der Waals surface area (Å²) in [4.78, 5) is 4.98. The molecule has 0 aromatic carbocycles. The van der Waals surface area contributed by atoms with Gasteiger partial charge >= 0.3 is 0 Å². The molecule has 3 atom stereocenters. The maximum Gasteiger partial charge on any atom is 0.0170 e. The molecular weight excluding hydrogens is 198 g/mol. The van der Waals surface area contributed by atoms with Crippen molar-refractivity contribution in [3.63, 3.8) is 0 Å². The van der Waals surface area contributed by atoms with Crippen molar-refractivity contribution in [2.75, 3.05) is 47.3 Å². The normalized spacial score (nSPS) is 34.5. The molecule has 2 heterocycles. The molecule has 1 N–H and O–H groups in total. The lowest BCUT2D eigenvalue weighted by Gasteiger charge is -2.41. The summed E-state index contributed by atoms with van der Waals surface area (Å²) in [7, 11) is 6.79. The van der Waals surface area contributed by atoms with Crippen molar-refractivity contribution < 1.29 is 0 Å². The van der Waals surface area contributed by atoms with Gasteiger partial charge in [-0.25, -0.2) is 0 Å². The van der Waals surface area contributed by atoms with Crippen molar-refractivity contribution in [1.82, 2.24) is 15.1 Å². The zero-order valence-corrected chi connectivity index (χ0v) is 11.1. The third-order valence-corrected chi connectivity index (χ3v) is 4.32. The first-order valence-corrected chi connectivity index (χ1v) is 6.74. The van der Waals surface area contributed by atoms with E-state index in [2.05, 4.69) is 36.3 Å². The van der Waals surface area contributed by atoms with Crippen LogP contribution < -0.4 is 5.32 Å². The Morgan fingerprint density at radius 2 is 2.06 bits per heavy atom. The van der Waals surface area contributed by atoms with E-state index in [0.29, 0.717) is 0 Å². The molecule has 94 valence electrons. The quantitative estimate of drug-likeness (QED) is 0.769. The molecule has 0 radical (unpaired) electrons. The first kappa shape index (κ1) is 12.3. The Bertz CT molecular complexity index is 211. The summed E-state index contributed by atoms with van der Waals surface area (Å²) in [6.07, 6.45) is 4.17. The monoisotopic (exact) mass is 225 g/mol. The minimum atomic E-state index is 0.776. The summed E-state index contributed by atoms with van der Waals surface area (Å²) >= 11 is 0. The third kappa shape index (κ3) is 2.76. The molecule has 0 aliphatic carbocycles. The van der Waals surface area contributed by atoms with E-state index in [4.69, 9.17) is 0 Å². The minimum absolute atomic E-state index is 0.776. The summed E-state index contributed by atoms with van der Waals surface area (Å²) in [6.45, 7) is 5.03. The van der Waals surface area contributed by atoms with Crippen LogP contribution in [-0.2, 0) is 0 Å². The molecule has 0 bridgehead atoms. The van der Waals surface area contributed by atoms with E-state index in [1.165, 1.54) is 45.4 Å². The van der Waals surface area contributed by atoms with Crippen molar-refractivity contribution >= 4 is 0 Å². The van der Waals surface area contributed by atoms with E-state index in [1.54, 1.807) is 0 Å². The van der Waals surface area contributed by atoms with E-state index in [9.17, 15) is 0 Å². The summed E-state index contributed by atoms with van der Waals surface area (Å²) < 4.78 is 0. The number of nitrogens with one attached hydrogen (secondary N) is 1. The van der Waals surface area contributed by atoms with Gasteiger partial charge < -0.3 is 15.1 Å². The summed E-state index contributed by atoms with van der Waals surface area (Å²) in [5.74, 6) is 1.74. The van der Waals surface area contributed by atoms with Crippen molar-refractivity contribution in [2.45, 2.75) is 25.3 Å². The van der Waals surface area contributed by atoms with E-state index in [0.717, 1.165) is 17.9 Å². The average molecular weight is 225 g/mol. The highest BCUT2D eigenvalue weighted by molar-refractivity contribution is 4.90. The van der Waals surface area contributed by atoms with Gasteiger partial charge in [-0.15, -0.1) is 0 Å². The van der Waals surface area contributed by atoms with Crippen molar-refractivity contribution in [1.29, 1.82) is 0 Å². The largest absolute Gasteiger partial charge is 0.316 e. The van der Waals surface area contributed by atoms with Crippen molar-refractivity contribution in [3.05, 3.63) is 0 Å². The van der Waals surface area contributed by atoms with Crippen LogP contribution in [0.1, 0.15) is 19.3 Å². The summed E-state index contributed by atoms with van der Waals surface area (Å²) in [5, 5.41) is 3.52. The number of hydrogen-bond donors (Lipinski definition) is 1. The second-order valence-corrected chi connectivity index (χ2v) is 5.87. The molecule has 0 aromatic rings. The topological polar surface area (TPSA) is 18.5 Å². The molecule has 2 saturated heterocycles. The third-order valence-electron chi connectivity index (χ3n) is 4.32. The molecule has 2 rings (SSSR count). The number of likely N-dealkylation sites (tertiary alicyclic amines) is 1. The Balaban J connectivity index is 1.99. The number of rotatable bonds is 3. The van der Waals surface area contributed by atoms with Crippen LogP contribution in [0.15, 0.2) is 0 Å². The SMILES string of the molecule is CN1CCCC(C(C2CCNC2)N(C)C)C1. The van der Waals surface area contributed by atoms with Gasteiger partial charge in [-0.1, -0.05) is 0 Å². The highest BCUT2D eigenvalue weighted by Gasteiger charge is 2.34. The standard InChI is InChI=1S/C13H27N3/c1-15(2)13(11-6-7-14-9-11)12-5-4-8-16(3)10-12/h11-14H,4-10H2,1-3H3. The molecule has 3 heteroatoms. The van der Waals surface area contributed by atoms with Crippen LogP contribution in [0.3, 0.4) is 0 Å². The van der Waals surface area contributed by atoms with E-state index in [-0.39, 0.29) is 0 Å². The van der Waals surface area contributed by atoms with E-state index in [1.807, 2.05) is 0 Å². The molecule has 0 amide bonds. The highest BCUT2D eigenvalue weighted by atomic mass is 15.2. The molecular formula is C13H27N3. The lowest BCUT2D eigenvalue weighted by Crippen LogP contribution is -2.48. The number of nitrogens with zero attached hydrogens (tertiary/aromatic N) is 2. The molecule has 0 spiro atoms. The van der Waals surface area contributed by atoms with Gasteiger partial charge in [0.15, 0.2) is 0 Å². The summed E-state index contributed by atoms with van der Waals surface area (Å²) in [6, 6.07) is 0.776. The van der Waals surface area contributed by atoms with Crippen LogP contribution >= 0.6 is 0 Å². The Kier molecular flexibility index (Phi) is 4.22. The zero-order chi connectivity index (χ0) is 11.5. The molecule has 0 aromatic heterocycles. The molecule has 2 fully saturated rings. The van der Waals surface area contributed by atoms with E-state index >= 15 is 0 Å². The van der Waals surface area contributed by atoms with Crippen molar-refractivity contribution in [3.8, 4) is 0 Å². The molecule has 2 aliphatic heterocycles. The smallest absolute Gasteiger partial charge is 0.0170 e. The maximum absolute atomic E-state index is 3.52.